The lowest BCUT2D eigenvalue weighted by molar-refractivity contribution is 0.0697. The van der Waals surface area contributed by atoms with Gasteiger partial charge in [0, 0.05) is 12.5 Å². The van der Waals surface area contributed by atoms with Gasteiger partial charge in [0.05, 0.1) is 11.3 Å². The highest BCUT2D eigenvalue weighted by molar-refractivity contribution is 6.01. The van der Waals surface area contributed by atoms with Crippen LogP contribution in [-0.4, -0.2) is 30.3 Å². The molecular formula is C25H20FNO4. The van der Waals surface area contributed by atoms with Gasteiger partial charge in [0.15, 0.2) is 0 Å². The molecule has 1 aliphatic heterocycles. The zero-order valence-electron chi connectivity index (χ0n) is 16.7. The molecule has 0 radical (unpaired) electrons. The molecule has 1 heterocycles. The number of benzene rings is 3. The van der Waals surface area contributed by atoms with E-state index in [-0.39, 0.29) is 23.8 Å². The molecule has 5 rings (SSSR count). The van der Waals surface area contributed by atoms with E-state index in [0.29, 0.717) is 24.9 Å². The summed E-state index contributed by atoms with van der Waals surface area (Å²) < 4.78 is 19.6. The molecule has 0 saturated heterocycles. The molecule has 0 fully saturated rings. The molecule has 0 unspecified atom stereocenters. The Balaban J connectivity index is 1.43. The van der Waals surface area contributed by atoms with Gasteiger partial charge >= 0.3 is 12.1 Å². The topological polar surface area (TPSA) is 66.8 Å². The summed E-state index contributed by atoms with van der Waals surface area (Å²) in [7, 11) is 0. The van der Waals surface area contributed by atoms with Crippen molar-refractivity contribution >= 4 is 17.7 Å². The molecule has 0 saturated carbocycles. The van der Waals surface area contributed by atoms with Gasteiger partial charge in [0.1, 0.15) is 12.4 Å². The number of carbonyl (C=O) groups excluding carboxylic acids is 1. The van der Waals surface area contributed by atoms with Crippen molar-refractivity contribution in [2.45, 2.75) is 18.8 Å². The molecule has 1 N–H and O–H groups in total. The Morgan fingerprint density at radius 3 is 2.32 bits per heavy atom. The van der Waals surface area contributed by atoms with Crippen molar-refractivity contribution in [1.29, 1.82) is 0 Å². The summed E-state index contributed by atoms with van der Waals surface area (Å²) in [4.78, 5) is 26.0. The van der Waals surface area contributed by atoms with Crippen molar-refractivity contribution in [2.24, 2.45) is 0 Å². The first-order valence-corrected chi connectivity index (χ1v) is 10.2. The van der Waals surface area contributed by atoms with Gasteiger partial charge in [-0.25, -0.2) is 14.0 Å². The van der Waals surface area contributed by atoms with Gasteiger partial charge in [-0.2, -0.15) is 0 Å². The number of anilines is 1. The van der Waals surface area contributed by atoms with E-state index in [2.05, 4.69) is 12.1 Å². The average molecular weight is 417 g/mol. The van der Waals surface area contributed by atoms with Gasteiger partial charge in [-0.15, -0.1) is 0 Å². The number of fused-ring (bicyclic) bond motifs is 4. The van der Waals surface area contributed by atoms with E-state index in [1.54, 1.807) is 0 Å². The molecule has 0 spiro atoms. The highest BCUT2D eigenvalue weighted by atomic mass is 19.1. The summed E-state index contributed by atoms with van der Waals surface area (Å²) in [5.41, 5.74) is 4.99. The van der Waals surface area contributed by atoms with E-state index in [4.69, 9.17) is 4.74 Å². The van der Waals surface area contributed by atoms with Gasteiger partial charge in [-0.05, 0) is 52.8 Å². The standard InChI is InChI=1S/C25H20FNO4/c26-16-12-15-6-5-11-27(23(15)21(13-16)24(28)29)25(30)31-14-22-19-9-3-1-7-17(19)18-8-2-4-10-20(18)22/h1-4,7-10,12-13,22H,5-6,11,14H2,(H,28,29). The van der Waals surface area contributed by atoms with E-state index < -0.39 is 17.9 Å². The van der Waals surface area contributed by atoms with Crippen molar-refractivity contribution in [3.8, 4) is 11.1 Å². The Morgan fingerprint density at radius 2 is 1.68 bits per heavy atom. The van der Waals surface area contributed by atoms with Crippen LogP contribution in [0.1, 0.15) is 39.4 Å². The number of aryl methyl sites for hydroxylation is 1. The zero-order chi connectivity index (χ0) is 21.5. The van der Waals surface area contributed by atoms with Crippen LogP contribution in [0.3, 0.4) is 0 Å². The van der Waals surface area contributed by atoms with E-state index in [1.165, 1.54) is 11.0 Å². The Kier molecular flexibility index (Phi) is 4.70. The highest BCUT2D eigenvalue weighted by Crippen LogP contribution is 2.44. The third-order valence-corrected chi connectivity index (χ3v) is 6.04. The monoisotopic (exact) mass is 417 g/mol. The van der Waals surface area contributed by atoms with Crippen molar-refractivity contribution in [3.05, 3.63) is 88.7 Å². The summed E-state index contributed by atoms with van der Waals surface area (Å²) in [5.74, 6) is -1.98. The summed E-state index contributed by atoms with van der Waals surface area (Å²) in [6.07, 6.45) is 0.511. The fourth-order valence-electron chi connectivity index (χ4n) is 4.72. The maximum atomic E-state index is 13.9. The maximum absolute atomic E-state index is 13.9. The predicted molar refractivity (Wildman–Crippen MR) is 114 cm³/mol. The van der Waals surface area contributed by atoms with Crippen LogP contribution in [0.4, 0.5) is 14.9 Å². The number of hydrogen-bond acceptors (Lipinski definition) is 3. The number of carbonyl (C=O) groups is 2. The number of amides is 1. The second kappa shape index (κ2) is 7.54. The Labute approximate surface area is 178 Å². The number of nitrogens with zero attached hydrogens (tertiary/aromatic N) is 1. The second-order valence-electron chi connectivity index (χ2n) is 7.83. The quantitative estimate of drug-likeness (QED) is 0.634. The minimum absolute atomic E-state index is 0.0900. The molecule has 1 amide bonds. The average Bonchev–Trinajstić information content (AvgIpc) is 3.10. The lowest BCUT2D eigenvalue weighted by Gasteiger charge is -2.30. The third-order valence-electron chi connectivity index (χ3n) is 6.04. The Morgan fingerprint density at radius 1 is 1.03 bits per heavy atom. The molecule has 6 heteroatoms. The van der Waals surface area contributed by atoms with Crippen LogP contribution in [0.2, 0.25) is 0 Å². The molecule has 2 aliphatic rings. The van der Waals surface area contributed by atoms with Crippen molar-refractivity contribution in [1.82, 2.24) is 0 Å². The Bertz CT molecular complexity index is 1160. The second-order valence-corrected chi connectivity index (χ2v) is 7.83. The molecule has 0 bridgehead atoms. The minimum atomic E-state index is -1.27. The molecule has 156 valence electrons. The molecule has 3 aromatic carbocycles. The Hall–Kier alpha value is -3.67. The third kappa shape index (κ3) is 3.24. The van der Waals surface area contributed by atoms with Crippen molar-refractivity contribution in [3.63, 3.8) is 0 Å². The lowest BCUT2D eigenvalue weighted by atomic mass is 9.97. The van der Waals surface area contributed by atoms with Crippen LogP contribution in [0.25, 0.3) is 11.1 Å². The highest BCUT2D eigenvalue weighted by Gasteiger charge is 2.32. The predicted octanol–water partition coefficient (Wildman–Crippen LogP) is 5.23. The molecule has 0 aromatic heterocycles. The molecule has 0 atom stereocenters. The number of carboxylic acid groups (broad SMARTS) is 1. The maximum Gasteiger partial charge on any atom is 0.414 e. The summed E-state index contributed by atoms with van der Waals surface area (Å²) in [6, 6.07) is 18.4. The number of rotatable bonds is 3. The first-order chi connectivity index (χ1) is 15.0. The van der Waals surface area contributed by atoms with Gasteiger partial charge in [-0.1, -0.05) is 48.5 Å². The van der Waals surface area contributed by atoms with E-state index in [1.807, 2.05) is 36.4 Å². The van der Waals surface area contributed by atoms with Crippen LogP contribution in [0, 0.1) is 5.82 Å². The first kappa shape index (κ1) is 19.3. The largest absolute Gasteiger partial charge is 0.478 e. The van der Waals surface area contributed by atoms with Crippen LogP contribution >= 0.6 is 0 Å². The molecular weight excluding hydrogens is 397 g/mol. The first-order valence-electron chi connectivity index (χ1n) is 10.2. The van der Waals surface area contributed by atoms with Crippen molar-refractivity contribution in [2.75, 3.05) is 18.1 Å². The summed E-state index contributed by atoms with van der Waals surface area (Å²) in [5, 5.41) is 9.54. The zero-order valence-corrected chi connectivity index (χ0v) is 16.7. The number of halogens is 1. The molecule has 1 aliphatic carbocycles. The van der Waals surface area contributed by atoms with Gasteiger partial charge in [0.2, 0.25) is 0 Å². The van der Waals surface area contributed by atoms with Gasteiger partial charge in [0.25, 0.3) is 0 Å². The van der Waals surface area contributed by atoms with Gasteiger partial charge < -0.3 is 9.84 Å². The molecule has 5 nitrogen and oxygen atoms in total. The van der Waals surface area contributed by atoms with E-state index in [9.17, 15) is 19.1 Å². The number of ether oxygens (including phenoxy) is 1. The normalized spacial score (nSPS) is 14.5. The van der Waals surface area contributed by atoms with E-state index >= 15 is 0 Å². The van der Waals surface area contributed by atoms with Crippen LogP contribution in [0.5, 0.6) is 0 Å². The molecule has 3 aromatic rings. The lowest BCUT2D eigenvalue weighted by Crippen LogP contribution is -2.38. The minimum Gasteiger partial charge on any atom is -0.478 e. The number of aromatic carboxylic acids is 1. The summed E-state index contributed by atoms with van der Waals surface area (Å²) in [6.45, 7) is 0.470. The summed E-state index contributed by atoms with van der Waals surface area (Å²) >= 11 is 0. The number of carboxylic acids is 1. The smallest absolute Gasteiger partial charge is 0.414 e. The van der Waals surface area contributed by atoms with Crippen LogP contribution < -0.4 is 4.90 Å². The fraction of sp³-hybridized carbons (Fsp3) is 0.200. The fourth-order valence-corrected chi connectivity index (χ4v) is 4.72. The van der Waals surface area contributed by atoms with Crippen molar-refractivity contribution < 1.29 is 23.8 Å². The van der Waals surface area contributed by atoms with Crippen LogP contribution in [0.15, 0.2) is 60.7 Å². The SMILES string of the molecule is O=C(O)c1cc(F)cc2c1N(C(=O)OCC1c3ccccc3-c3ccccc31)CCC2. The van der Waals surface area contributed by atoms with Gasteiger partial charge in [-0.3, -0.25) is 4.90 Å². The number of hydrogen-bond donors (Lipinski definition) is 1. The molecule has 31 heavy (non-hydrogen) atoms. The van der Waals surface area contributed by atoms with E-state index in [0.717, 1.165) is 28.3 Å². The van der Waals surface area contributed by atoms with Crippen LogP contribution in [-0.2, 0) is 11.2 Å².